The molecule has 154 valence electrons. The molecule has 1 aromatic heterocycles. The summed E-state index contributed by atoms with van der Waals surface area (Å²) in [4.78, 5) is 29.8. The average molecular weight is 404 g/mol. The molecule has 1 aliphatic rings. The molecule has 0 bridgehead atoms. The molecule has 6 nitrogen and oxygen atoms in total. The van der Waals surface area contributed by atoms with Gasteiger partial charge in [0.15, 0.2) is 11.5 Å². The lowest BCUT2D eigenvalue weighted by Gasteiger charge is -2.14. The van der Waals surface area contributed by atoms with Crippen LogP contribution in [0.4, 0.5) is 0 Å². The molecule has 0 saturated carbocycles. The van der Waals surface area contributed by atoms with E-state index in [1.807, 2.05) is 13.0 Å². The molecule has 0 N–H and O–H groups in total. The Balaban J connectivity index is 1.67. The highest BCUT2D eigenvalue weighted by molar-refractivity contribution is 5.91. The molecule has 0 fully saturated rings. The first kappa shape index (κ1) is 19.9. The van der Waals surface area contributed by atoms with Crippen LogP contribution in [0.5, 0.6) is 11.5 Å². The van der Waals surface area contributed by atoms with Crippen molar-refractivity contribution in [2.75, 3.05) is 6.61 Å². The quantitative estimate of drug-likeness (QED) is 0.470. The minimum absolute atomic E-state index is 0.0329. The van der Waals surface area contributed by atoms with Crippen LogP contribution >= 0.6 is 0 Å². The fourth-order valence-corrected chi connectivity index (χ4v) is 3.61. The number of aromatic nitrogens is 2. The minimum Gasteiger partial charge on any atom is -0.490 e. The number of nitrogens with zero attached hydrogens (tertiary/aromatic N) is 2. The summed E-state index contributed by atoms with van der Waals surface area (Å²) < 4.78 is 13.0. The molecule has 0 spiro atoms. The third-order valence-corrected chi connectivity index (χ3v) is 5.12. The van der Waals surface area contributed by atoms with Gasteiger partial charge in [-0.25, -0.2) is 9.78 Å². The monoisotopic (exact) mass is 404 g/mol. The predicted molar refractivity (Wildman–Crippen MR) is 114 cm³/mol. The van der Waals surface area contributed by atoms with Gasteiger partial charge in [0.25, 0.3) is 5.56 Å². The summed E-state index contributed by atoms with van der Waals surface area (Å²) in [6.07, 6.45) is 3.95. The molecule has 1 aliphatic heterocycles. The van der Waals surface area contributed by atoms with Gasteiger partial charge in [-0.2, -0.15) is 0 Å². The molecule has 0 aliphatic carbocycles. The summed E-state index contributed by atoms with van der Waals surface area (Å²) in [6, 6.07) is 15.6. The topological polar surface area (TPSA) is 70.4 Å². The molecule has 2 aromatic carbocycles. The number of benzene rings is 2. The number of rotatable bonds is 5. The minimum atomic E-state index is -0.453. The number of carbonyl (C=O) groups is 1. The van der Waals surface area contributed by atoms with Crippen molar-refractivity contribution < 1.29 is 14.3 Å². The molecule has 3 aromatic rings. The second-order valence-corrected chi connectivity index (χ2v) is 7.21. The summed E-state index contributed by atoms with van der Waals surface area (Å²) in [7, 11) is 0. The van der Waals surface area contributed by atoms with E-state index >= 15 is 0 Å². The number of esters is 1. The number of fused-ring (bicyclic) bond motifs is 1. The first-order chi connectivity index (χ1) is 14.7. The Morgan fingerprint density at radius 2 is 1.87 bits per heavy atom. The standard InChI is InChI=1S/C24H24N2O4/c1-2-29-21-15-18(12-13-20(21)30-24(28)17-9-5-3-6-10-17)19-16-23(27)26-14-8-4-7-11-22(26)25-19/h3,5-6,9-10,12-13,15-16H,2,4,7-8,11,14H2,1H3. The molecular weight excluding hydrogens is 380 g/mol. The second-order valence-electron chi connectivity index (χ2n) is 7.21. The van der Waals surface area contributed by atoms with E-state index in [4.69, 9.17) is 14.5 Å². The maximum absolute atomic E-state index is 12.6. The molecule has 30 heavy (non-hydrogen) atoms. The van der Waals surface area contributed by atoms with E-state index < -0.39 is 5.97 Å². The van der Waals surface area contributed by atoms with E-state index in [2.05, 4.69) is 0 Å². The van der Waals surface area contributed by atoms with E-state index in [1.54, 1.807) is 53.1 Å². The van der Waals surface area contributed by atoms with Crippen LogP contribution in [-0.2, 0) is 13.0 Å². The third kappa shape index (κ3) is 4.27. The van der Waals surface area contributed by atoms with Gasteiger partial charge in [0.05, 0.1) is 17.9 Å². The summed E-state index contributed by atoms with van der Waals surface area (Å²) in [5.41, 5.74) is 1.79. The Labute approximate surface area is 175 Å². The number of hydrogen-bond donors (Lipinski definition) is 0. The highest BCUT2D eigenvalue weighted by Gasteiger charge is 2.16. The van der Waals surface area contributed by atoms with Crippen LogP contribution in [0.3, 0.4) is 0 Å². The van der Waals surface area contributed by atoms with Crippen LogP contribution in [0.15, 0.2) is 59.4 Å². The lowest BCUT2D eigenvalue weighted by atomic mass is 10.1. The van der Waals surface area contributed by atoms with Crippen LogP contribution < -0.4 is 15.0 Å². The van der Waals surface area contributed by atoms with Crippen LogP contribution in [0, 0.1) is 0 Å². The highest BCUT2D eigenvalue weighted by atomic mass is 16.6. The Morgan fingerprint density at radius 3 is 2.67 bits per heavy atom. The van der Waals surface area contributed by atoms with E-state index in [1.165, 1.54) is 0 Å². The number of ether oxygens (including phenoxy) is 2. The van der Waals surface area contributed by atoms with Crippen molar-refractivity contribution in [1.29, 1.82) is 0 Å². The van der Waals surface area contributed by atoms with Gasteiger partial charge in [-0.15, -0.1) is 0 Å². The molecule has 0 radical (unpaired) electrons. The Kier molecular flexibility index (Phi) is 5.93. The SMILES string of the molecule is CCOc1cc(-c2cc(=O)n3c(n2)CCCCC3)ccc1OC(=O)c1ccccc1. The predicted octanol–water partition coefficient (Wildman–Crippen LogP) is 4.25. The zero-order valence-electron chi connectivity index (χ0n) is 17.0. The lowest BCUT2D eigenvalue weighted by molar-refractivity contribution is 0.0728. The number of carbonyl (C=O) groups excluding carboxylic acids is 1. The van der Waals surface area contributed by atoms with Gasteiger partial charge < -0.3 is 9.47 Å². The van der Waals surface area contributed by atoms with Gasteiger partial charge in [-0.1, -0.05) is 24.6 Å². The van der Waals surface area contributed by atoms with Gasteiger partial charge in [0.2, 0.25) is 0 Å². The van der Waals surface area contributed by atoms with E-state index in [0.29, 0.717) is 29.4 Å². The van der Waals surface area contributed by atoms with Crippen molar-refractivity contribution in [3.05, 3.63) is 76.3 Å². The zero-order chi connectivity index (χ0) is 20.9. The van der Waals surface area contributed by atoms with Gasteiger partial charge in [-0.05, 0) is 50.1 Å². The second kappa shape index (κ2) is 8.95. The molecule has 4 rings (SSSR count). The fourth-order valence-electron chi connectivity index (χ4n) is 3.61. The van der Waals surface area contributed by atoms with Crippen LogP contribution in [-0.4, -0.2) is 22.1 Å². The van der Waals surface area contributed by atoms with Crippen molar-refractivity contribution in [2.24, 2.45) is 0 Å². The van der Waals surface area contributed by atoms with Gasteiger partial charge in [0, 0.05) is 24.6 Å². The molecule has 0 amide bonds. The van der Waals surface area contributed by atoms with E-state index in [0.717, 1.165) is 43.6 Å². The van der Waals surface area contributed by atoms with Crippen molar-refractivity contribution in [2.45, 2.75) is 39.2 Å². The molecule has 0 saturated heterocycles. The van der Waals surface area contributed by atoms with E-state index in [-0.39, 0.29) is 5.56 Å². The van der Waals surface area contributed by atoms with Crippen molar-refractivity contribution >= 4 is 5.97 Å². The first-order valence-corrected chi connectivity index (χ1v) is 10.3. The first-order valence-electron chi connectivity index (χ1n) is 10.3. The fraction of sp³-hybridized carbons (Fsp3) is 0.292. The van der Waals surface area contributed by atoms with E-state index in [9.17, 15) is 9.59 Å². The highest BCUT2D eigenvalue weighted by Crippen LogP contribution is 2.33. The molecule has 0 atom stereocenters. The summed E-state index contributed by atoms with van der Waals surface area (Å²) in [6.45, 7) is 3.00. The van der Waals surface area contributed by atoms with Crippen LogP contribution in [0.25, 0.3) is 11.3 Å². The maximum Gasteiger partial charge on any atom is 0.343 e. The van der Waals surface area contributed by atoms with Gasteiger partial charge in [-0.3, -0.25) is 9.36 Å². The van der Waals surface area contributed by atoms with Crippen molar-refractivity contribution in [3.63, 3.8) is 0 Å². The summed E-state index contributed by atoms with van der Waals surface area (Å²) in [5, 5.41) is 0. The third-order valence-electron chi connectivity index (χ3n) is 5.12. The summed E-state index contributed by atoms with van der Waals surface area (Å²) in [5.74, 6) is 1.15. The molecule has 0 unspecified atom stereocenters. The lowest BCUT2D eigenvalue weighted by Crippen LogP contribution is -2.23. The Morgan fingerprint density at radius 1 is 1.03 bits per heavy atom. The van der Waals surface area contributed by atoms with Gasteiger partial charge >= 0.3 is 5.97 Å². The average Bonchev–Trinajstić information content (AvgIpc) is 3.01. The Bertz CT molecular complexity index is 1110. The van der Waals surface area contributed by atoms with Crippen molar-refractivity contribution in [3.8, 4) is 22.8 Å². The van der Waals surface area contributed by atoms with Crippen LogP contribution in [0.2, 0.25) is 0 Å². The van der Waals surface area contributed by atoms with Crippen molar-refractivity contribution in [1.82, 2.24) is 9.55 Å². The normalized spacial score (nSPS) is 13.2. The molecular formula is C24H24N2O4. The van der Waals surface area contributed by atoms with Gasteiger partial charge in [0.1, 0.15) is 5.82 Å². The smallest absolute Gasteiger partial charge is 0.343 e. The summed E-state index contributed by atoms with van der Waals surface area (Å²) >= 11 is 0. The molecule has 6 heteroatoms. The number of hydrogen-bond acceptors (Lipinski definition) is 5. The number of aryl methyl sites for hydroxylation is 1. The van der Waals surface area contributed by atoms with Crippen LogP contribution in [0.1, 0.15) is 42.4 Å². The largest absolute Gasteiger partial charge is 0.490 e. The Hall–Kier alpha value is -3.41. The zero-order valence-corrected chi connectivity index (χ0v) is 17.0. The maximum atomic E-state index is 12.6. The molecule has 2 heterocycles.